The summed E-state index contributed by atoms with van der Waals surface area (Å²) in [5.74, 6) is -2.71. The predicted octanol–water partition coefficient (Wildman–Crippen LogP) is 4.11. The molecule has 0 fully saturated rings. The molecule has 1 amide bonds. The molecule has 46 heavy (non-hydrogen) atoms. The fourth-order valence-corrected chi connectivity index (χ4v) is 6.49. The third-order valence-electron chi connectivity index (χ3n) is 7.66. The summed E-state index contributed by atoms with van der Waals surface area (Å²) in [5.41, 5.74) is 8.10. The van der Waals surface area contributed by atoms with E-state index in [2.05, 4.69) is 25.3 Å². The minimum atomic E-state index is -3.84. The molecule has 0 unspecified atom stereocenters. The van der Waals surface area contributed by atoms with Crippen LogP contribution < -0.4 is 10.5 Å². The predicted molar refractivity (Wildman–Crippen MR) is 166 cm³/mol. The zero-order chi connectivity index (χ0) is 33.2. The maximum absolute atomic E-state index is 14.7. The average Bonchev–Trinajstić information content (AvgIpc) is 3.72. The summed E-state index contributed by atoms with van der Waals surface area (Å²) in [6.45, 7) is 4.37. The molecular weight excluding hydrogens is 620 g/mol. The van der Waals surface area contributed by atoms with Crippen LogP contribution in [0.4, 0.5) is 14.6 Å². The lowest BCUT2D eigenvalue weighted by Crippen LogP contribution is -2.41. The van der Waals surface area contributed by atoms with Gasteiger partial charge in [0.1, 0.15) is 17.0 Å². The maximum Gasteiger partial charge on any atom is 0.291 e. The number of sulfone groups is 1. The van der Waals surface area contributed by atoms with Crippen molar-refractivity contribution in [3.8, 4) is 28.1 Å². The summed E-state index contributed by atoms with van der Waals surface area (Å²) in [5, 5.41) is 10.7. The third kappa shape index (κ3) is 6.11. The second-order valence-electron chi connectivity index (χ2n) is 10.6. The molecule has 5 rings (SSSR count). The number of nitrogen functional groups attached to an aromatic ring is 1. The van der Waals surface area contributed by atoms with Crippen molar-refractivity contribution >= 4 is 27.2 Å². The van der Waals surface area contributed by atoms with Crippen molar-refractivity contribution in [1.82, 2.24) is 39.7 Å². The number of pyridine rings is 1. The monoisotopic (exact) mass is 653 g/mol. The molecule has 242 valence electrons. The van der Waals surface area contributed by atoms with Gasteiger partial charge in [0.2, 0.25) is 11.6 Å². The van der Waals surface area contributed by atoms with Crippen molar-refractivity contribution in [1.29, 1.82) is 0 Å². The third-order valence-corrected chi connectivity index (χ3v) is 8.85. The van der Waals surface area contributed by atoms with Crippen LogP contribution in [0.3, 0.4) is 0 Å². The first-order valence-corrected chi connectivity index (χ1v) is 16.4. The van der Waals surface area contributed by atoms with Gasteiger partial charge in [0, 0.05) is 41.7 Å². The van der Waals surface area contributed by atoms with Gasteiger partial charge >= 0.3 is 0 Å². The molecule has 16 heteroatoms. The van der Waals surface area contributed by atoms with E-state index in [0.717, 1.165) is 6.26 Å². The smallest absolute Gasteiger partial charge is 0.291 e. The molecule has 0 aliphatic heterocycles. The lowest BCUT2D eigenvalue weighted by molar-refractivity contribution is 0.0650. The van der Waals surface area contributed by atoms with Crippen molar-refractivity contribution < 1.29 is 26.7 Å². The first kappa shape index (κ1) is 32.4. The fraction of sp³-hybridized carbons (Fsp3) is 0.333. The van der Waals surface area contributed by atoms with Crippen LogP contribution in [0.15, 0.2) is 47.9 Å². The van der Waals surface area contributed by atoms with Gasteiger partial charge in [-0.15, -0.1) is 0 Å². The van der Waals surface area contributed by atoms with Crippen molar-refractivity contribution in [3.63, 3.8) is 0 Å². The average molecular weight is 654 g/mol. The second kappa shape index (κ2) is 13.2. The molecule has 4 aromatic heterocycles. The normalized spacial score (nSPS) is 12.4. The number of ether oxygens (including phenoxy) is 1. The number of benzene rings is 1. The Hall–Kier alpha value is -4.99. The van der Waals surface area contributed by atoms with Gasteiger partial charge in [-0.3, -0.25) is 14.9 Å². The highest BCUT2D eigenvalue weighted by atomic mass is 32.2. The van der Waals surface area contributed by atoms with Crippen molar-refractivity contribution in [3.05, 3.63) is 66.1 Å². The van der Waals surface area contributed by atoms with Crippen LogP contribution in [0.2, 0.25) is 0 Å². The summed E-state index contributed by atoms with van der Waals surface area (Å²) in [6, 6.07) is 5.61. The highest BCUT2D eigenvalue weighted by Gasteiger charge is 2.28. The second-order valence-corrected chi connectivity index (χ2v) is 12.6. The van der Waals surface area contributed by atoms with Gasteiger partial charge in [-0.2, -0.15) is 19.1 Å². The highest BCUT2D eigenvalue weighted by Crippen LogP contribution is 2.33. The summed E-state index contributed by atoms with van der Waals surface area (Å²) in [4.78, 5) is 27.8. The number of aryl methyl sites for hydroxylation is 1. The quantitative estimate of drug-likeness (QED) is 0.199. The van der Waals surface area contributed by atoms with Gasteiger partial charge < -0.3 is 15.4 Å². The molecule has 3 N–H and O–H groups in total. The van der Waals surface area contributed by atoms with Crippen LogP contribution in [0, 0.1) is 11.6 Å². The number of methoxy groups -OCH3 is 1. The number of aromatic amines is 1. The van der Waals surface area contributed by atoms with Gasteiger partial charge in [-0.1, -0.05) is 19.9 Å². The number of anilines is 1. The number of hydrogen-bond donors (Lipinski definition) is 2. The number of aromatic nitrogens is 7. The summed E-state index contributed by atoms with van der Waals surface area (Å²) < 4.78 is 61.0. The summed E-state index contributed by atoms with van der Waals surface area (Å²) in [7, 11) is -2.59. The Morgan fingerprint density at radius 2 is 1.89 bits per heavy atom. The van der Waals surface area contributed by atoms with Crippen LogP contribution in [-0.4, -0.2) is 79.9 Å². The zero-order valence-corrected chi connectivity index (χ0v) is 26.5. The first-order valence-electron chi connectivity index (χ1n) is 14.5. The highest BCUT2D eigenvalue weighted by molar-refractivity contribution is 7.91. The molecule has 5 aromatic rings. The molecule has 0 saturated heterocycles. The van der Waals surface area contributed by atoms with E-state index in [0.29, 0.717) is 36.9 Å². The van der Waals surface area contributed by atoms with E-state index in [-0.39, 0.29) is 63.3 Å². The van der Waals surface area contributed by atoms with Gasteiger partial charge in [0.05, 0.1) is 24.7 Å². The maximum atomic E-state index is 14.7. The molecule has 0 spiro atoms. The number of carbonyl (C=O) groups is 1. The number of fused-ring (bicyclic) bond motifs is 1. The minimum absolute atomic E-state index is 0.0449. The number of hydrogen-bond acceptors (Lipinski definition) is 10. The summed E-state index contributed by atoms with van der Waals surface area (Å²) in [6.07, 6.45) is 7.14. The van der Waals surface area contributed by atoms with E-state index in [1.165, 1.54) is 48.5 Å². The zero-order valence-electron chi connectivity index (χ0n) is 25.7. The molecule has 0 radical (unpaired) electrons. The number of amides is 1. The van der Waals surface area contributed by atoms with Crippen molar-refractivity contribution in [2.45, 2.75) is 50.5 Å². The largest absolute Gasteiger partial charge is 0.494 e. The van der Waals surface area contributed by atoms with Gasteiger partial charge in [0.15, 0.2) is 27.1 Å². The van der Waals surface area contributed by atoms with Gasteiger partial charge in [-0.05, 0) is 43.9 Å². The van der Waals surface area contributed by atoms with Gasteiger partial charge in [-0.25, -0.2) is 22.8 Å². The minimum Gasteiger partial charge on any atom is -0.494 e. The Labute approximate surface area is 263 Å². The molecule has 1 atom stereocenters. The Kier molecular flexibility index (Phi) is 9.27. The number of nitrogens with one attached hydrogen (secondary N) is 1. The number of nitrogens with two attached hydrogens (primary N) is 1. The Morgan fingerprint density at radius 1 is 1.11 bits per heavy atom. The summed E-state index contributed by atoms with van der Waals surface area (Å²) >= 11 is 0. The Balaban J connectivity index is 1.51. The van der Waals surface area contributed by atoms with E-state index >= 15 is 0 Å². The Bertz CT molecular complexity index is 1980. The topological polar surface area (TPSA) is 174 Å². The lowest BCUT2D eigenvalue weighted by Gasteiger charge is -2.30. The van der Waals surface area contributed by atoms with Crippen LogP contribution >= 0.6 is 0 Å². The van der Waals surface area contributed by atoms with E-state index in [4.69, 9.17) is 15.5 Å². The van der Waals surface area contributed by atoms with Crippen LogP contribution in [0.5, 0.6) is 5.75 Å². The molecule has 0 saturated carbocycles. The molecule has 0 aliphatic carbocycles. The van der Waals surface area contributed by atoms with E-state index < -0.39 is 21.5 Å². The van der Waals surface area contributed by atoms with Crippen molar-refractivity contribution in [2.75, 3.05) is 25.6 Å². The van der Waals surface area contributed by atoms with Crippen LogP contribution in [-0.2, 0) is 16.3 Å². The molecule has 4 heterocycles. The number of carbonyl (C=O) groups excluding carboxylic acids is 1. The number of halogens is 2. The molecular formula is C30H33F2N9O4S. The first-order chi connectivity index (χ1) is 22.0. The number of H-pyrrole nitrogens is 1. The standard InChI is InChI=1S/C30H33F2N9O4S/c1-5-13-40(30(42)28-35-16-36-39-28)18(6-2)8-11-22-26(46(4,43)44)27(33)41-29(38-22)20(15-37-41)17-7-10-21(34-14-17)19-9-12-23(45-3)25(32)24(19)31/h7,9-10,12,14-16,18H,5-6,8,11,13,33H2,1-4H3,(H,35,36,39)/t18-/m1/s1. The lowest BCUT2D eigenvalue weighted by atomic mass is 10.0. The molecule has 13 nitrogen and oxygen atoms in total. The fourth-order valence-electron chi connectivity index (χ4n) is 5.44. The van der Waals surface area contributed by atoms with E-state index in [9.17, 15) is 22.0 Å². The number of rotatable bonds is 12. The number of nitrogens with zero attached hydrogens (tertiary/aromatic N) is 7. The Morgan fingerprint density at radius 3 is 2.50 bits per heavy atom. The van der Waals surface area contributed by atoms with E-state index in [1.54, 1.807) is 11.0 Å². The SMILES string of the molecule is CCCN(C(=O)c1ncn[nH]1)[C@H](CC)CCc1nc2c(-c3ccc(-c4ccc(OC)c(F)c4F)nc3)cnn2c(N)c1S(C)(=O)=O. The van der Waals surface area contributed by atoms with Crippen molar-refractivity contribution in [2.24, 2.45) is 0 Å². The van der Waals surface area contributed by atoms with Gasteiger partial charge in [0.25, 0.3) is 5.91 Å². The van der Waals surface area contributed by atoms with Crippen LogP contribution in [0.1, 0.15) is 49.4 Å². The molecule has 0 aliphatic rings. The van der Waals surface area contributed by atoms with Crippen LogP contribution in [0.25, 0.3) is 28.0 Å². The van der Waals surface area contributed by atoms with E-state index in [1.807, 2.05) is 13.8 Å². The molecule has 1 aromatic carbocycles. The molecule has 0 bridgehead atoms.